The number of para-hydroxylation sites is 2. The molecule has 1 amide bonds. The molecule has 136 valence electrons. The number of furan rings is 1. The van der Waals surface area contributed by atoms with Crippen LogP contribution in [0.1, 0.15) is 25.1 Å². The second kappa shape index (κ2) is 7.07. The Balaban J connectivity index is 1.42. The van der Waals surface area contributed by atoms with Crippen LogP contribution in [0.25, 0.3) is 21.9 Å². The molecule has 0 aliphatic heterocycles. The van der Waals surface area contributed by atoms with Crippen LogP contribution in [-0.2, 0) is 11.3 Å². The van der Waals surface area contributed by atoms with Crippen LogP contribution in [0.4, 0.5) is 0 Å². The Morgan fingerprint density at radius 2 is 1.96 bits per heavy atom. The van der Waals surface area contributed by atoms with Gasteiger partial charge in [0.15, 0.2) is 0 Å². The predicted molar refractivity (Wildman–Crippen MR) is 103 cm³/mol. The minimum atomic E-state index is -0.253. The molecule has 0 saturated heterocycles. The summed E-state index contributed by atoms with van der Waals surface area (Å²) in [5, 5.41) is 4.47. The summed E-state index contributed by atoms with van der Waals surface area (Å²) >= 11 is 0. The van der Waals surface area contributed by atoms with Crippen LogP contribution in [-0.4, -0.2) is 15.5 Å². The average Bonchev–Trinajstić information content (AvgIpc) is 3.12. The van der Waals surface area contributed by atoms with E-state index in [1.54, 1.807) is 18.2 Å². The first-order valence-electron chi connectivity index (χ1n) is 8.84. The molecule has 0 aliphatic rings. The highest BCUT2D eigenvalue weighted by Gasteiger charge is 2.14. The van der Waals surface area contributed by atoms with E-state index in [0.717, 1.165) is 11.0 Å². The molecule has 0 spiro atoms. The Morgan fingerprint density at radius 1 is 1.19 bits per heavy atom. The summed E-state index contributed by atoms with van der Waals surface area (Å²) in [6, 6.07) is 16.6. The van der Waals surface area contributed by atoms with Crippen LogP contribution < -0.4 is 10.9 Å². The van der Waals surface area contributed by atoms with Gasteiger partial charge in [0.05, 0.1) is 23.3 Å². The first kappa shape index (κ1) is 17.0. The van der Waals surface area contributed by atoms with Crippen LogP contribution in [0.5, 0.6) is 0 Å². The number of rotatable bonds is 5. The number of carbonyl (C=O) groups is 1. The zero-order valence-electron chi connectivity index (χ0n) is 14.9. The third-order valence-corrected chi connectivity index (χ3v) is 4.56. The average molecular weight is 361 g/mol. The highest BCUT2D eigenvalue weighted by atomic mass is 16.3. The number of nitrogens with zero attached hydrogens (tertiary/aromatic N) is 2. The molecule has 6 nitrogen and oxygen atoms in total. The topological polar surface area (TPSA) is 77.1 Å². The van der Waals surface area contributed by atoms with Gasteiger partial charge in [0.1, 0.15) is 11.3 Å². The van der Waals surface area contributed by atoms with E-state index in [9.17, 15) is 9.59 Å². The van der Waals surface area contributed by atoms with E-state index in [1.807, 2.05) is 43.3 Å². The van der Waals surface area contributed by atoms with Crippen LogP contribution in [0.3, 0.4) is 0 Å². The zero-order chi connectivity index (χ0) is 18.8. The minimum absolute atomic E-state index is 0.140. The predicted octanol–water partition coefficient (Wildman–Crippen LogP) is 3.41. The van der Waals surface area contributed by atoms with Crippen molar-refractivity contribution in [2.45, 2.75) is 25.9 Å². The molecule has 2 heterocycles. The molecule has 27 heavy (non-hydrogen) atoms. The Morgan fingerprint density at radius 3 is 2.81 bits per heavy atom. The molecule has 0 aliphatic carbocycles. The van der Waals surface area contributed by atoms with Crippen molar-refractivity contribution in [1.29, 1.82) is 0 Å². The maximum absolute atomic E-state index is 12.5. The summed E-state index contributed by atoms with van der Waals surface area (Å²) in [5.74, 6) is 0.553. The lowest BCUT2D eigenvalue weighted by atomic mass is 10.2. The molecule has 0 fully saturated rings. The molecular weight excluding hydrogens is 342 g/mol. The smallest absolute Gasteiger partial charge is 0.261 e. The molecule has 0 unspecified atom stereocenters. The molecule has 1 atom stereocenters. The van der Waals surface area contributed by atoms with Gasteiger partial charge in [0.25, 0.3) is 5.56 Å². The van der Waals surface area contributed by atoms with Gasteiger partial charge >= 0.3 is 0 Å². The van der Waals surface area contributed by atoms with Gasteiger partial charge in [-0.05, 0) is 31.2 Å². The van der Waals surface area contributed by atoms with Crippen molar-refractivity contribution in [3.8, 4) is 0 Å². The van der Waals surface area contributed by atoms with E-state index < -0.39 is 0 Å². The molecule has 0 bridgehead atoms. The zero-order valence-corrected chi connectivity index (χ0v) is 14.9. The third-order valence-electron chi connectivity index (χ3n) is 4.56. The molecule has 1 N–H and O–H groups in total. The highest BCUT2D eigenvalue weighted by molar-refractivity contribution is 5.79. The quantitative estimate of drug-likeness (QED) is 0.591. The van der Waals surface area contributed by atoms with Gasteiger partial charge < -0.3 is 9.73 Å². The van der Waals surface area contributed by atoms with Gasteiger partial charge in [-0.1, -0.05) is 30.3 Å². The number of aromatic nitrogens is 2. The monoisotopic (exact) mass is 361 g/mol. The first-order chi connectivity index (χ1) is 13.1. The largest absolute Gasteiger partial charge is 0.459 e. The Kier molecular flexibility index (Phi) is 4.46. The van der Waals surface area contributed by atoms with E-state index in [2.05, 4.69) is 10.3 Å². The van der Waals surface area contributed by atoms with Crippen molar-refractivity contribution >= 4 is 27.8 Å². The number of benzene rings is 2. The van der Waals surface area contributed by atoms with Gasteiger partial charge in [-0.3, -0.25) is 14.2 Å². The van der Waals surface area contributed by atoms with E-state index in [4.69, 9.17) is 4.42 Å². The molecule has 2 aromatic heterocycles. The maximum Gasteiger partial charge on any atom is 0.261 e. The summed E-state index contributed by atoms with van der Waals surface area (Å²) in [5.41, 5.74) is 1.31. The maximum atomic E-state index is 12.5. The Bertz CT molecular complexity index is 1140. The fraction of sp³-hybridized carbons (Fsp3) is 0.190. The molecule has 6 heteroatoms. The Labute approximate surface area is 155 Å². The van der Waals surface area contributed by atoms with Gasteiger partial charge in [0, 0.05) is 18.4 Å². The van der Waals surface area contributed by atoms with Crippen molar-refractivity contribution in [2.24, 2.45) is 0 Å². The number of nitrogens with one attached hydrogen (secondary N) is 1. The van der Waals surface area contributed by atoms with Crippen molar-refractivity contribution in [1.82, 2.24) is 14.9 Å². The number of hydrogen-bond donors (Lipinski definition) is 1. The van der Waals surface area contributed by atoms with E-state index >= 15 is 0 Å². The molecule has 2 aromatic carbocycles. The van der Waals surface area contributed by atoms with Crippen LogP contribution >= 0.6 is 0 Å². The summed E-state index contributed by atoms with van der Waals surface area (Å²) in [7, 11) is 0. The summed E-state index contributed by atoms with van der Waals surface area (Å²) in [4.78, 5) is 29.0. The first-order valence-corrected chi connectivity index (χ1v) is 8.84. The fourth-order valence-corrected chi connectivity index (χ4v) is 3.09. The van der Waals surface area contributed by atoms with Gasteiger partial charge in [0.2, 0.25) is 5.91 Å². The van der Waals surface area contributed by atoms with Gasteiger partial charge in [-0.15, -0.1) is 0 Å². The molecular formula is C21H19N3O3. The summed E-state index contributed by atoms with van der Waals surface area (Å²) in [6.45, 7) is 2.15. The third kappa shape index (κ3) is 3.46. The number of amides is 1. The molecule has 4 rings (SSSR count). The van der Waals surface area contributed by atoms with E-state index in [0.29, 0.717) is 16.7 Å². The van der Waals surface area contributed by atoms with Crippen LogP contribution in [0, 0.1) is 0 Å². The van der Waals surface area contributed by atoms with E-state index in [1.165, 1.54) is 10.9 Å². The number of fused-ring (bicyclic) bond motifs is 2. The number of carbonyl (C=O) groups excluding carboxylic acids is 1. The second-order valence-corrected chi connectivity index (χ2v) is 6.49. The van der Waals surface area contributed by atoms with Crippen molar-refractivity contribution in [3.63, 3.8) is 0 Å². The molecule has 0 saturated carbocycles. The SMILES string of the molecule is C[C@H](NC(=O)CCn1cnc2ccccc2c1=O)c1cc2ccccc2o1. The van der Waals surface area contributed by atoms with Gasteiger partial charge in [-0.25, -0.2) is 4.98 Å². The van der Waals surface area contributed by atoms with E-state index in [-0.39, 0.29) is 30.5 Å². The van der Waals surface area contributed by atoms with Gasteiger partial charge in [-0.2, -0.15) is 0 Å². The summed E-state index contributed by atoms with van der Waals surface area (Å²) in [6.07, 6.45) is 1.67. The van der Waals surface area contributed by atoms with Crippen LogP contribution in [0.2, 0.25) is 0 Å². The van der Waals surface area contributed by atoms with Crippen LogP contribution in [0.15, 0.2) is 70.1 Å². The van der Waals surface area contributed by atoms with Crippen molar-refractivity contribution in [3.05, 3.63) is 77.0 Å². The number of aryl methyl sites for hydroxylation is 1. The standard InChI is InChI=1S/C21H19N3O3/c1-14(19-12-15-6-2-5-9-18(15)27-19)23-20(25)10-11-24-13-22-17-8-4-3-7-16(17)21(24)26/h2-9,12-14H,10-11H2,1H3,(H,23,25)/t14-/m0/s1. The van der Waals surface area contributed by atoms with Crippen molar-refractivity contribution in [2.75, 3.05) is 0 Å². The second-order valence-electron chi connectivity index (χ2n) is 6.49. The lowest BCUT2D eigenvalue weighted by Gasteiger charge is -2.12. The Hall–Kier alpha value is -3.41. The normalized spacial score (nSPS) is 12.3. The molecule has 4 aromatic rings. The lowest BCUT2D eigenvalue weighted by molar-refractivity contribution is -0.122. The lowest BCUT2D eigenvalue weighted by Crippen LogP contribution is -2.29. The molecule has 0 radical (unpaired) electrons. The fourth-order valence-electron chi connectivity index (χ4n) is 3.09. The minimum Gasteiger partial charge on any atom is -0.459 e. The van der Waals surface area contributed by atoms with Crippen molar-refractivity contribution < 1.29 is 9.21 Å². The number of hydrogen-bond acceptors (Lipinski definition) is 4. The summed E-state index contributed by atoms with van der Waals surface area (Å²) < 4.78 is 7.25. The highest BCUT2D eigenvalue weighted by Crippen LogP contribution is 2.23.